The van der Waals surface area contributed by atoms with Gasteiger partial charge in [-0.05, 0) is 38.1 Å². The molecule has 2 heterocycles. The molecule has 6 heteroatoms. The van der Waals surface area contributed by atoms with E-state index in [1.165, 1.54) is 10.6 Å². The normalized spacial score (nSPS) is 20.9. The van der Waals surface area contributed by atoms with Crippen molar-refractivity contribution in [2.45, 2.75) is 19.9 Å². The Morgan fingerprint density at radius 1 is 0.857 bits per heavy atom. The van der Waals surface area contributed by atoms with E-state index in [4.69, 9.17) is 0 Å². The highest BCUT2D eigenvalue weighted by Gasteiger charge is 2.44. The number of carbonyl (C=O) groups is 2. The summed E-state index contributed by atoms with van der Waals surface area (Å²) >= 11 is 0. The van der Waals surface area contributed by atoms with E-state index in [9.17, 15) is 9.59 Å². The molecule has 0 radical (unpaired) electrons. The Morgan fingerprint density at radius 3 is 2.14 bits per heavy atom. The molecule has 0 saturated carbocycles. The minimum atomic E-state index is -0.471. The van der Waals surface area contributed by atoms with Crippen molar-refractivity contribution in [3.05, 3.63) is 60.2 Å². The number of amides is 3. The number of benzene rings is 2. The summed E-state index contributed by atoms with van der Waals surface area (Å²) < 4.78 is 0. The number of hydrogen-bond acceptors (Lipinski definition) is 4. The maximum Gasteiger partial charge on any atom is 0.333 e. The minimum absolute atomic E-state index is 0.129. The molecule has 2 aliphatic heterocycles. The highest BCUT2D eigenvalue weighted by atomic mass is 16.2. The molecule has 2 aromatic carbocycles. The van der Waals surface area contributed by atoms with E-state index in [2.05, 4.69) is 21.9 Å². The van der Waals surface area contributed by atoms with Crippen molar-refractivity contribution < 1.29 is 9.59 Å². The van der Waals surface area contributed by atoms with Crippen LogP contribution in [0.3, 0.4) is 0 Å². The van der Waals surface area contributed by atoms with Crippen LogP contribution in [0.5, 0.6) is 0 Å². The van der Waals surface area contributed by atoms with Crippen molar-refractivity contribution in [1.82, 2.24) is 9.80 Å². The van der Waals surface area contributed by atoms with Crippen LogP contribution >= 0.6 is 0 Å². The third-order valence-corrected chi connectivity index (χ3v) is 5.59. The first-order chi connectivity index (χ1) is 13.5. The molecule has 28 heavy (non-hydrogen) atoms. The van der Waals surface area contributed by atoms with Crippen LogP contribution in [0.2, 0.25) is 0 Å². The summed E-state index contributed by atoms with van der Waals surface area (Å²) in [5.74, 6) is -0.129. The SMILES string of the molecule is Cc1ccc(N2C(=O)N(CN3CCN(c4ccccc4)CC3)C(=O)C2C)cc1. The molecule has 2 aromatic rings. The van der Waals surface area contributed by atoms with Gasteiger partial charge in [0.1, 0.15) is 6.04 Å². The summed E-state index contributed by atoms with van der Waals surface area (Å²) in [6, 6.07) is 17.4. The van der Waals surface area contributed by atoms with E-state index in [0.29, 0.717) is 6.67 Å². The van der Waals surface area contributed by atoms with Gasteiger partial charge in [-0.3, -0.25) is 14.6 Å². The number of imide groups is 1. The largest absolute Gasteiger partial charge is 0.369 e. The molecule has 1 unspecified atom stereocenters. The average Bonchev–Trinajstić information content (AvgIpc) is 2.93. The number of aryl methyl sites for hydroxylation is 1. The fourth-order valence-electron chi connectivity index (χ4n) is 3.88. The summed E-state index contributed by atoms with van der Waals surface area (Å²) in [4.78, 5) is 33.2. The summed E-state index contributed by atoms with van der Waals surface area (Å²) in [6.07, 6.45) is 0. The number of para-hydroxylation sites is 1. The average molecular weight is 378 g/mol. The Morgan fingerprint density at radius 2 is 1.50 bits per heavy atom. The molecule has 6 nitrogen and oxygen atoms in total. The van der Waals surface area contributed by atoms with Crippen molar-refractivity contribution in [1.29, 1.82) is 0 Å². The van der Waals surface area contributed by atoms with Crippen LogP contribution in [-0.2, 0) is 4.79 Å². The van der Waals surface area contributed by atoms with Gasteiger partial charge in [-0.15, -0.1) is 0 Å². The van der Waals surface area contributed by atoms with Crippen molar-refractivity contribution in [3.8, 4) is 0 Å². The monoisotopic (exact) mass is 378 g/mol. The van der Waals surface area contributed by atoms with E-state index in [-0.39, 0.29) is 11.9 Å². The van der Waals surface area contributed by atoms with Crippen LogP contribution < -0.4 is 9.80 Å². The number of hydrogen-bond donors (Lipinski definition) is 0. The van der Waals surface area contributed by atoms with Gasteiger partial charge in [0.15, 0.2) is 0 Å². The summed E-state index contributed by atoms with van der Waals surface area (Å²) in [5, 5.41) is 0. The van der Waals surface area contributed by atoms with Gasteiger partial charge in [0, 0.05) is 37.6 Å². The molecule has 0 N–H and O–H groups in total. The fourth-order valence-corrected chi connectivity index (χ4v) is 3.88. The van der Waals surface area contributed by atoms with Crippen LogP contribution in [0, 0.1) is 6.92 Å². The molecule has 2 saturated heterocycles. The summed E-state index contributed by atoms with van der Waals surface area (Å²) in [6.45, 7) is 7.58. The van der Waals surface area contributed by atoms with Gasteiger partial charge >= 0.3 is 6.03 Å². The molecule has 0 aliphatic carbocycles. The lowest BCUT2D eigenvalue weighted by Crippen LogP contribution is -2.51. The molecule has 0 bridgehead atoms. The minimum Gasteiger partial charge on any atom is -0.369 e. The van der Waals surface area contributed by atoms with Crippen molar-refractivity contribution in [3.63, 3.8) is 0 Å². The lowest BCUT2D eigenvalue weighted by Gasteiger charge is -2.37. The Balaban J connectivity index is 1.40. The maximum atomic E-state index is 13.0. The van der Waals surface area contributed by atoms with E-state index in [1.807, 2.05) is 49.4 Å². The number of urea groups is 1. The summed E-state index contributed by atoms with van der Waals surface area (Å²) in [7, 11) is 0. The van der Waals surface area contributed by atoms with Gasteiger partial charge in [-0.25, -0.2) is 9.69 Å². The molecule has 3 amide bonds. The predicted octanol–water partition coefficient (Wildman–Crippen LogP) is 2.93. The highest BCUT2D eigenvalue weighted by Crippen LogP contribution is 2.26. The molecule has 1 atom stereocenters. The smallest absolute Gasteiger partial charge is 0.333 e. The second kappa shape index (κ2) is 7.64. The van der Waals surface area contributed by atoms with Crippen LogP contribution in [-0.4, -0.2) is 60.6 Å². The molecule has 0 spiro atoms. The molecule has 4 rings (SSSR count). The van der Waals surface area contributed by atoms with Crippen LogP contribution in [0.1, 0.15) is 12.5 Å². The zero-order valence-corrected chi connectivity index (χ0v) is 16.4. The Bertz CT molecular complexity index is 845. The van der Waals surface area contributed by atoms with Gasteiger partial charge in [0.25, 0.3) is 5.91 Å². The lowest BCUT2D eigenvalue weighted by molar-refractivity contribution is -0.128. The van der Waals surface area contributed by atoms with Gasteiger partial charge in [-0.2, -0.15) is 0 Å². The van der Waals surface area contributed by atoms with Crippen molar-refractivity contribution in [2.24, 2.45) is 0 Å². The molecule has 2 fully saturated rings. The van der Waals surface area contributed by atoms with Gasteiger partial charge in [0.05, 0.1) is 6.67 Å². The van der Waals surface area contributed by atoms with Gasteiger partial charge in [-0.1, -0.05) is 35.9 Å². The van der Waals surface area contributed by atoms with E-state index >= 15 is 0 Å². The van der Waals surface area contributed by atoms with E-state index < -0.39 is 6.04 Å². The van der Waals surface area contributed by atoms with Crippen molar-refractivity contribution >= 4 is 23.3 Å². The first kappa shape index (κ1) is 18.5. The lowest BCUT2D eigenvalue weighted by atomic mass is 10.2. The topological polar surface area (TPSA) is 47.1 Å². The number of piperazine rings is 1. The second-order valence-electron chi connectivity index (χ2n) is 7.51. The molecule has 2 aliphatic rings. The number of anilines is 2. The van der Waals surface area contributed by atoms with Crippen molar-refractivity contribution in [2.75, 3.05) is 42.6 Å². The molecule has 0 aromatic heterocycles. The second-order valence-corrected chi connectivity index (χ2v) is 7.51. The summed E-state index contributed by atoms with van der Waals surface area (Å²) in [5.41, 5.74) is 3.12. The zero-order chi connectivity index (χ0) is 19.7. The molecular formula is C22H26N4O2. The van der Waals surface area contributed by atoms with Crippen LogP contribution in [0.25, 0.3) is 0 Å². The number of carbonyl (C=O) groups excluding carboxylic acids is 2. The number of nitrogens with zero attached hydrogens (tertiary/aromatic N) is 4. The third-order valence-electron chi connectivity index (χ3n) is 5.59. The first-order valence-electron chi connectivity index (χ1n) is 9.78. The standard InChI is InChI=1S/C22H26N4O2/c1-17-8-10-20(11-9-17)26-18(2)21(27)25(22(26)28)16-23-12-14-24(15-13-23)19-6-4-3-5-7-19/h3-11,18H,12-16H2,1-2H3. The number of rotatable bonds is 4. The van der Waals surface area contributed by atoms with Gasteiger partial charge in [0.2, 0.25) is 0 Å². The van der Waals surface area contributed by atoms with Crippen LogP contribution in [0.15, 0.2) is 54.6 Å². The molecule has 146 valence electrons. The maximum absolute atomic E-state index is 13.0. The Hall–Kier alpha value is -2.86. The fraction of sp³-hybridized carbons (Fsp3) is 0.364. The van der Waals surface area contributed by atoms with Gasteiger partial charge < -0.3 is 4.90 Å². The zero-order valence-electron chi connectivity index (χ0n) is 16.4. The Kier molecular flexibility index (Phi) is 5.05. The van der Waals surface area contributed by atoms with Crippen LogP contribution in [0.4, 0.5) is 16.2 Å². The third kappa shape index (κ3) is 3.47. The predicted molar refractivity (Wildman–Crippen MR) is 110 cm³/mol. The quantitative estimate of drug-likeness (QED) is 0.768. The first-order valence-corrected chi connectivity index (χ1v) is 9.78. The molecular weight excluding hydrogens is 352 g/mol. The highest BCUT2D eigenvalue weighted by molar-refractivity contribution is 6.14. The van der Waals surface area contributed by atoms with E-state index in [0.717, 1.165) is 37.4 Å². The Labute approximate surface area is 165 Å². The van der Waals surface area contributed by atoms with E-state index in [1.54, 1.807) is 11.8 Å².